The van der Waals surface area contributed by atoms with Crippen LogP contribution in [0.2, 0.25) is 0 Å². The van der Waals surface area contributed by atoms with E-state index in [9.17, 15) is 17.6 Å². The van der Waals surface area contributed by atoms with Gasteiger partial charge in [0.2, 0.25) is 0 Å². The first-order valence-electron chi connectivity index (χ1n) is 3.67. The van der Waals surface area contributed by atoms with E-state index in [0.717, 1.165) is 12.1 Å². The molecule has 0 fully saturated rings. The van der Waals surface area contributed by atoms with E-state index in [1.165, 1.54) is 0 Å². The van der Waals surface area contributed by atoms with Crippen LogP contribution >= 0.6 is 12.8 Å². The second kappa shape index (κ2) is 4.18. The Balaban J connectivity index is 3.06. The van der Waals surface area contributed by atoms with Crippen molar-refractivity contribution in [3.05, 3.63) is 35.1 Å². The molecule has 6 heteroatoms. The molecule has 0 aromatic heterocycles. The Morgan fingerprint density at radius 1 is 1.29 bits per heavy atom. The summed E-state index contributed by atoms with van der Waals surface area (Å²) in [4.78, 5) is 0. The Kier molecular flexibility index (Phi) is 3.38. The van der Waals surface area contributed by atoms with Gasteiger partial charge in [0.1, 0.15) is 5.82 Å². The number of hydrogen-bond donors (Lipinski definition) is 2. The van der Waals surface area contributed by atoms with Crippen LogP contribution in [0.3, 0.4) is 0 Å². The summed E-state index contributed by atoms with van der Waals surface area (Å²) in [5.41, 5.74) is -0.924. The summed E-state index contributed by atoms with van der Waals surface area (Å²) in [6.07, 6.45) is -4.45. The Labute approximate surface area is 83.7 Å². The van der Waals surface area contributed by atoms with Gasteiger partial charge in [-0.3, -0.25) is 4.72 Å². The van der Waals surface area contributed by atoms with Crippen LogP contribution < -0.4 is 4.72 Å². The molecule has 0 aliphatic rings. The van der Waals surface area contributed by atoms with Gasteiger partial charge in [-0.1, -0.05) is 12.8 Å². The first-order chi connectivity index (χ1) is 6.45. The third-order valence-electron chi connectivity index (χ3n) is 1.64. The molecule has 14 heavy (non-hydrogen) atoms. The second-order valence-corrected chi connectivity index (χ2v) is 2.96. The van der Waals surface area contributed by atoms with Gasteiger partial charge in [-0.25, -0.2) is 4.39 Å². The molecule has 0 atom stereocenters. The number of alkyl halides is 3. The van der Waals surface area contributed by atoms with Gasteiger partial charge in [-0.15, -0.1) is 0 Å². The van der Waals surface area contributed by atoms with Crippen molar-refractivity contribution in [2.24, 2.45) is 0 Å². The van der Waals surface area contributed by atoms with Crippen molar-refractivity contribution in [2.45, 2.75) is 12.7 Å². The Morgan fingerprint density at radius 3 is 2.43 bits per heavy atom. The number of halogens is 4. The molecule has 1 N–H and O–H groups in total. The quantitative estimate of drug-likeness (QED) is 0.582. The summed E-state index contributed by atoms with van der Waals surface area (Å²) in [5.74, 6) is -0.681. The molecule has 1 rings (SSSR count). The molecule has 1 aromatic carbocycles. The Bertz CT molecular complexity index is 324. The molecule has 0 bridgehead atoms. The van der Waals surface area contributed by atoms with Gasteiger partial charge in [-0.2, -0.15) is 13.2 Å². The topological polar surface area (TPSA) is 12.0 Å². The molecule has 0 amide bonds. The maximum absolute atomic E-state index is 12.9. The van der Waals surface area contributed by atoms with Crippen LogP contribution in [0.4, 0.5) is 17.6 Å². The average Bonchev–Trinajstić information content (AvgIpc) is 2.07. The largest absolute Gasteiger partial charge is 0.416 e. The minimum absolute atomic E-state index is 0.0567. The summed E-state index contributed by atoms with van der Waals surface area (Å²) >= 11 is 3.59. The standard InChI is InChI=1S/C8H7F4NS/c9-7-2-1-6(8(10,11)12)3-5(7)4-13-14/h1-3,13-14H,4H2. The van der Waals surface area contributed by atoms with E-state index < -0.39 is 17.6 Å². The first-order valence-corrected chi connectivity index (χ1v) is 4.12. The summed E-state index contributed by atoms with van der Waals surface area (Å²) in [5, 5.41) is 0. The fourth-order valence-electron chi connectivity index (χ4n) is 0.972. The lowest BCUT2D eigenvalue weighted by Gasteiger charge is -2.09. The maximum Gasteiger partial charge on any atom is 0.416 e. The van der Waals surface area contributed by atoms with Crippen molar-refractivity contribution in [2.75, 3.05) is 0 Å². The van der Waals surface area contributed by atoms with Gasteiger partial charge < -0.3 is 0 Å². The minimum Gasteiger partial charge on any atom is -0.262 e. The molecule has 0 heterocycles. The SMILES string of the molecule is Fc1ccc(C(F)(F)F)cc1CNS. The predicted octanol–water partition coefficient (Wildman–Crippen LogP) is 2.78. The van der Waals surface area contributed by atoms with Crippen LogP contribution in [0.5, 0.6) is 0 Å². The zero-order chi connectivity index (χ0) is 10.8. The lowest BCUT2D eigenvalue weighted by molar-refractivity contribution is -0.137. The molecule has 0 saturated heterocycles. The number of rotatable bonds is 2. The van der Waals surface area contributed by atoms with E-state index in [1.54, 1.807) is 0 Å². The van der Waals surface area contributed by atoms with Gasteiger partial charge in [0.25, 0.3) is 0 Å². The zero-order valence-corrected chi connectivity index (χ0v) is 7.79. The average molecular weight is 225 g/mol. The monoisotopic (exact) mass is 225 g/mol. The molecular formula is C8H7F4NS. The van der Waals surface area contributed by atoms with E-state index in [-0.39, 0.29) is 12.1 Å². The lowest BCUT2D eigenvalue weighted by Crippen LogP contribution is -2.08. The molecule has 0 radical (unpaired) electrons. The molecule has 1 nitrogen and oxygen atoms in total. The summed E-state index contributed by atoms with van der Waals surface area (Å²) in [7, 11) is 0. The van der Waals surface area contributed by atoms with Crippen molar-refractivity contribution in [3.8, 4) is 0 Å². The second-order valence-electron chi connectivity index (χ2n) is 2.64. The molecule has 0 aliphatic heterocycles. The maximum atomic E-state index is 12.9. The van der Waals surface area contributed by atoms with Crippen LogP contribution in [0.1, 0.15) is 11.1 Å². The lowest BCUT2D eigenvalue weighted by atomic mass is 10.1. The van der Waals surface area contributed by atoms with Gasteiger partial charge in [0, 0.05) is 12.1 Å². The number of benzene rings is 1. The van der Waals surface area contributed by atoms with E-state index in [4.69, 9.17) is 0 Å². The molecule has 0 aliphatic carbocycles. The predicted molar refractivity (Wildman–Crippen MR) is 47.2 cm³/mol. The molecule has 78 valence electrons. The van der Waals surface area contributed by atoms with Gasteiger partial charge >= 0.3 is 6.18 Å². The van der Waals surface area contributed by atoms with Gasteiger partial charge in [-0.05, 0) is 18.2 Å². The van der Waals surface area contributed by atoms with Crippen LogP contribution in [-0.4, -0.2) is 0 Å². The molecule has 0 saturated carbocycles. The number of hydrogen-bond acceptors (Lipinski definition) is 2. The highest BCUT2D eigenvalue weighted by Crippen LogP contribution is 2.30. The summed E-state index contributed by atoms with van der Waals surface area (Å²) in [6.45, 7) is -0.0567. The Hall–Kier alpha value is -0.750. The first kappa shape index (κ1) is 11.3. The van der Waals surface area contributed by atoms with Crippen LogP contribution in [-0.2, 0) is 12.7 Å². The van der Waals surface area contributed by atoms with E-state index >= 15 is 0 Å². The van der Waals surface area contributed by atoms with E-state index in [2.05, 4.69) is 17.5 Å². The van der Waals surface area contributed by atoms with E-state index in [0.29, 0.717) is 6.07 Å². The van der Waals surface area contributed by atoms with E-state index in [1.807, 2.05) is 0 Å². The number of thiol groups is 1. The molecule has 0 spiro atoms. The number of nitrogens with one attached hydrogen (secondary N) is 1. The van der Waals surface area contributed by atoms with Crippen LogP contribution in [0, 0.1) is 5.82 Å². The minimum atomic E-state index is -4.45. The fraction of sp³-hybridized carbons (Fsp3) is 0.250. The van der Waals surface area contributed by atoms with Gasteiger partial charge in [0.15, 0.2) is 0 Å². The zero-order valence-electron chi connectivity index (χ0n) is 6.90. The van der Waals surface area contributed by atoms with Crippen molar-refractivity contribution >= 4 is 12.8 Å². The third kappa shape index (κ3) is 2.62. The Morgan fingerprint density at radius 2 is 1.93 bits per heavy atom. The third-order valence-corrected chi connectivity index (χ3v) is 1.80. The highest BCUT2D eigenvalue weighted by Gasteiger charge is 2.30. The van der Waals surface area contributed by atoms with Crippen molar-refractivity contribution in [1.29, 1.82) is 0 Å². The summed E-state index contributed by atoms with van der Waals surface area (Å²) in [6, 6.07) is 2.26. The summed E-state index contributed by atoms with van der Waals surface area (Å²) < 4.78 is 51.7. The molecular weight excluding hydrogens is 218 g/mol. The molecule has 1 aromatic rings. The highest BCUT2D eigenvalue weighted by molar-refractivity contribution is 7.78. The smallest absolute Gasteiger partial charge is 0.262 e. The van der Waals surface area contributed by atoms with Crippen LogP contribution in [0.25, 0.3) is 0 Å². The van der Waals surface area contributed by atoms with Crippen molar-refractivity contribution in [1.82, 2.24) is 4.72 Å². The normalized spacial score (nSPS) is 11.8. The fourth-order valence-corrected chi connectivity index (χ4v) is 1.14. The van der Waals surface area contributed by atoms with Crippen molar-refractivity contribution in [3.63, 3.8) is 0 Å². The van der Waals surface area contributed by atoms with Crippen molar-refractivity contribution < 1.29 is 17.6 Å². The highest BCUT2D eigenvalue weighted by atomic mass is 32.1. The van der Waals surface area contributed by atoms with Crippen LogP contribution in [0.15, 0.2) is 18.2 Å². The van der Waals surface area contributed by atoms with Gasteiger partial charge in [0.05, 0.1) is 5.56 Å². The molecule has 0 unspecified atom stereocenters.